The van der Waals surface area contributed by atoms with Crippen LogP contribution in [0.4, 0.5) is 15.8 Å². The van der Waals surface area contributed by atoms with Crippen LogP contribution in [0.1, 0.15) is 5.56 Å². The third kappa shape index (κ3) is 2.77. The molecule has 0 aromatic heterocycles. The maximum absolute atomic E-state index is 13.1. The van der Waals surface area contributed by atoms with Crippen molar-refractivity contribution < 1.29 is 9.31 Å². The van der Waals surface area contributed by atoms with Crippen molar-refractivity contribution in [2.45, 2.75) is 0 Å². The van der Waals surface area contributed by atoms with Crippen molar-refractivity contribution in [3.8, 4) is 0 Å². The van der Waals surface area contributed by atoms with E-state index in [-0.39, 0.29) is 5.69 Å². The summed E-state index contributed by atoms with van der Waals surface area (Å²) in [5.74, 6) is -0.676. The second-order valence-electron chi connectivity index (χ2n) is 3.14. The monoisotopic (exact) mass is 225 g/mol. The Kier molecular flexibility index (Phi) is 3.96. The van der Waals surface area contributed by atoms with Crippen LogP contribution in [0.15, 0.2) is 18.2 Å². The van der Waals surface area contributed by atoms with Crippen LogP contribution >= 0.6 is 0 Å². The molecule has 0 spiro atoms. The second kappa shape index (κ2) is 5.22. The Morgan fingerprint density at radius 1 is 1.62 bits per heavy atom. The lowest BCUT2D eigenvalue weighted by Gasteiger charge is -2.02. The summed E-state index contributed by atoms with van der Waals surface area (Å²) in [6, 6.07) is 1.97. The van der Waals surface area contributed by atoms with Gasteiger partial charge in [-0.1, -0.05) is 12.2 Å². The van der Waals surface area contributed by atoms with E-state index in [4.69, 9.17) is 5.73 Å². The number of halogens is 1. The summed E-state index contributed by atoms with van der Waals surface area (Å²) in [6.07, 6.45) is 3.25. The fourth-order valence-electron chi connectivity index (χ4n) is 1.22. The first kappa shape index (κ1) is 12.1. The van der Waals surface area contributed by atoms with E-state index in [0.717, 1.165) is 12.1 Å². The van der Waals surface area contributed by atoms with E-state index in [2.05, 4.69) is 5.32 Å². The number of anilines is 1. The zero-order chi connectivity index (χ0) is 12.1. The zero-order valence-electron chi connectivity index (χ0n) is 8.74. The maximum Gasteiger partial charge on any atom is 0.295 e. The number of nitrogens with one attached hydrogen (secondary N) is 1. The summed E-state index contributed by atoms with van der Waals surface area (Å²) in [5.41, 5.74) is 5.42. The summed E-state index contributed by atoms with van der Waals surface area (Å²) >= 11 is 0. The minimum Gasteiger partial charge on any atom is -0.393 e. The Morgan fingerprint density at radius 2 is 2.31 bits per heavy atom. The lowest BCUT2D eigenvalue weighted by atomic mass is 10.1. The predicted octanol–water partition coefficient (Wildman–Crippen LogP) is 1.55. The first-order valence-corrected chi connectivity index (χ1v) is 4.60. The minimum absolute atomic E-state index is 0.0289. The van der Waals surface area contributed by atoms with E-state index in [9.17, 15) is 14.5 Å². The first-order valence-electron chi connectivity index (χ1n) is 4.60. The molecule has 3 N–H and O–H groups in total. The molecule has 1 aromatic carbocycles. The molecular weight excluding hydrogens is 213 g/mol. The van der Waals surface area contributed by atoms with Crippen LogP contribution in [0.2, 0.25) is 0 Å². The number of likely N-dealkylation sites (N-methyl/N-ethyl adjacent to an activating group) is 1. The van der Waals surface area contributed by atoms with E-state index in [1.807, 2.05) is 0 Å². The topological polar surface area (TPSA) is 81.2 Å². The smallest absolute Gasteiger partial charge is 0.295 e. The van der Waals surface area contributed by atoms with Gasteiger partial charge in [0.1, 0.15) is 11.5 Å². The Labute approximate surface area is 91.9 Å². The van der Waals surface area contributed by atoms with Gasteiger partial charge in [0.05, 0.1) is 11.0 Å². The summed E-state index contributed by atoms with van der Waals surface area (Å²) in [5, 5.41) is 13.4. The van der Waals surface area contributed by atoms with Crippen molar-refractivity contribution in [3.05, 3.63) is 39.7 Å². The van der Waals surface area contributed by atoms with Gasteiger partial charge in [-0.3, -0.25) is 10.1 Å². The molecule has 1 aromatic rings. The van der Waals surface area contributed by atoms with Crippen molar-refractivity contribution in [1.82, 2.24) is 5.32 Å². The molecule has 0 aliphatic carbocycles. The molecule has 0 atom stereocenters. The standard InChI is InChI=1S/C10H12FN3O2/c1-13-4-2-3-7-5-8(11)6-9(10(7)12)14(15)16/h2-3,5-6,13H,4,12H2,1H3. The average molecular weight is 225 g/mol. The number of nitrogens with zero attached hydrogens (tertiary/aromatic N) is 1. The molecular formula is C10H12FN3O2. The molecule has 86 valence electrons. The molecule has 5 nitrogen and oxygen atoms in total. The Bertz CT molecular complexity index is 432. The van der Waals surface area contributed by atoms with Crippen LogP contribution in [-0.2, 0) is 0 Å². The fraction of sp³-hybridized carbons (Fsp3) is 0.200. The number of hydrogen-bond donors (Lipinski definition) is 2. The lowest BCUT2D eigenvalue weighted by molar-refractivity contribution is -0.384. The number of nitro groups is 1. The molecule has 0 fully saturated rings. The number of nitrogen functional groups attached to an aromatic ring is 1. The Morgan fingerprint density at radius 3 is 2.88 bits per heavy atom. The SMILES string of the molecule is CNCC=Cc1cc(F)cc([N+](=O)[O-])c1N. The van der Waals surface area contributed by atoms with E-state index < -0.39 is 16.4 Å². The van der Waals surface area contributed by atoms with Crippen LogP contribution in [0.5, 0.6) is 0 Å². The average Bonchev–Trinajstić information content (AvgIpc) is 2.22. The van der Waals surface area contributed by atoms with Crippen molar-refractivity contribution >= 4 is 17.5 Å². The number of nitro benzene ring substituents is 1. The van der Waals surface area contributed by atoms with Crippen LogP contribution in [0, 0.1) is 15.9 Å². The quantitative estimate of drug-likeness (QED) is 0.462. The molecule has 0 heterocycles. The van der Waals surface area contributed by atoms with Crippen LogP contribution < -0.4 is 11.1 Å². The highest BCUT2D eigenvalue weighted by Crippen LogP contribution is 2.27. The third-order valence-electron chi connectivity index (χ3n) is 1.97. The Hall–Kier alpha value is -1.95. The summed E-state index contributed by atoms with van der Waals surface area (Å²) in [4.78, 5) is 9.88. The van der Waals surface area contributed by atoms with Gasteiger partial charge in [-0.25, -0.2) is 4.39 Å². The zero-order valence-corrected chi connectivity index (χ0v) is 8.74. The largest absolute Gasteiger partial charge is 0.393 e. The van der Waals surface area contributed by atoms with Gasteiger partial charge in [-0.05, 0) is 13.1 Å². The fourth-order valence-corrected chi connectivity index (χ4v) is 1.22. The van der Waals surface area contributed by atoms with Crippen LogP contribution in [-0.4, -0.2) is 18.5 Å². The van der Waals surface area contributed by atoms with Crippen molar-refractivity contribution in [1.29, 1.82) is 0 Å². The van der Waals surface area contributed by atoms with Gasteiger partial charge in [-0.15, -0.1) is 0 Å². The van der Waals surface area contributed by atoms with Gasteiger partial charge in [0, 0.05) is 12.1 Å². The lowest BCUT2D eigenvalue weighted by Crippen LogP contribution is -2.04. The van der Waals surface area contributed by atoms with Gasteiger partial charge >= 0.3 is 0 Å². The number of hydrogen-bond acceptors (Lipinski definition) is 4. The number of nitrogens with two attached hydrogens (primary N) is 1. The highest BCUT2D eigenvalue weighted by Gasteiger charge is 2.15. The second-order valence-corrected chi connectivity index (χ2v) is 3.14. The van der Waals surface area contributed by atoms with Crippen LogP contribution in [0.25, 0.3) is 6.08 Å². The molecule has 0 amide bonds. The van der Waals surface area contributed by atoms with E-state index >= 15 is 0 Å². The minimum atomic E-state index is -0.701. The van der Waals surface area contributed by atoms with Crippen molar-refractivity contribution in [3.63, 3.8) is 0 Å². The van der Waals surface area contributed by atoms with E-state index in [0.29, 0.717) is 12.1 Å². The molecule has 0 saturated heterocycles. The molecule has 0 aliphatic rings. The van der Waals surface area contributed by atoms with E-state index in [1.54, 1.807) is 19.2 Å². The van der Waals surface area contributed by atoms with Crippen molar-refractivity contribution in [2.75, 3.05) is 19.3 Å². The van der Waals surface area contributed by atoms with Gasteiger partial charge in [-0.2, -0.15) is 0 Å². The number of rotatable bonds is 4. The number of benzene rings is 1. The predicted molar refractivity (Wildman–Crippen MR) is 60.4 cm³/mol. The molecule has 0 bridgehead atoms. The normalized spacial score (nSPS) is 10.9. The van der Waals surface area contributed by atoms with Gasteiger partial charge in [0.15, 0.2) is 0 Å². The molecule has 1 rings (SSSR count). The maximum atomic E-state index is 13.1. The molecule has 0 unspecified atom stereocenters. The molecule has 6 heteroatoms. The van der Waals surface area contributed by atoms with E-state index in [1.165, 1.54) is 0 Å². The van der Waals surface area contributed by atoms with Crippen molar-refractivity contribution in [2.24, 2.45) is 0 Å². The van der Waals surface area contributed by atoms with Gasteiger partial charge in [0.2, 0.25) is 0 Å². The molecule has 0 saturated carbocycles. The summed E-state index contributed by atoms with van der Waals surface area (Å²) in [6.45, 7) is 0.573. The summed E-state index contributed by atoms with van der Waals surface area (Å²) < 4.78 is 13.1. The Balaban J connectivity index is 3.14. The highest BCUT2D eigenvalue weighted by molar-refractivity contribution is 5.73. The highest BCUT2D eigenvalue weighted by atomic mass is 19.1. The molecule has 16 heavy (non-hydrogen) atoms. The van der Waals surface area contributed by atoms with Crippen LogP contribution in [0.3, 0.4) is 0 Å². The molecule has 0 aliphatic heterocycles. The summed E-state index contributed by atoms with van der Waals surface area (Å²) in [7, 11) is 1.75. The first-order chi connectivity index (χ1) is 7.56. The van der Waals surface area contributed by atoms with Gasteiger partial charge in [0.25, 0.3) is 5.69 Å². The van der Waals surface area contributed by atoms with Gasteiger partial charge < -0.3 is 11.1 Å². The molecule has 0 radical (unpaired) electrons. The third-order valence-corrected chi connectivity index (χ3v) is 1.97.